The first-order valence-electron chi connectivity index (χ1n) is 5.07. The molecule has 94 valence electrons. The van der Waals surface area contributed by atoms with Crippen LogP contribution in [-0.4, -0.2) is 13.6 Å². The monoisotopic (exact) mass is 247 g/mol. The maximum atomic E-state index is 13.1. The smallest absolute Gasteiger partial charge is 0.493 e. The molecular formula is C11H12BF4O-. The normalized spacial score (nSPS) is 11.4. The first-order chi connectivity index (χ1) is 7.80. The maximum Gasteiger partial charge on any atom is 0.512 e. The van der Waals surface area contributed by atoms with Crippen molar-refractivity contribution in [2.75, 3.05) is 6.61 Å². The van der Waals surface area contributed by atoms with E-state index >= 15 is 0 Å². The molecule has 6 heteroatoms. The molecule has 0 spiro atoms. The van der Waals surface area contributed by atoms with Crippen molar-refractivity contribution in [3.63, 3.8) is 0 Å². The molecule has 0 aromatic heterocycles. The Morgan fingerprint density at radius 2 is 2.00 bits per heavy atom. The summed E-state index contributed by atoms with van der Waals surface area (Å²) in [5.74, 6) is -1.21. The summed E-state index contributed by atoms with van der Waals surface area (Å²) in [7, 11) is 0. The van der Waals surface area contributed by atoms with E-state index < -0.39 is 18.3 Å². The number of benzene rings is 1. The van der Waals surface area contributed by atoms with E-state index in [0.717, 1.165) is 17.7 Å². The molecule has 0 heterocycles. The van der Waals surface area contributed by atoms with Gasteiger partial charge in [0.25, 0.3) is 0 Å². The minimum Gasteiger partial charge on any atom is -0.493 e. The van der Waals surface area contributed by atoms with Gasteiger partial charge in [0.1, 0.15) is 5.75 Å². The molecule has 0 amide bonds. The Morgan fingerprint density at radius 3 is 2.47 bits per heavy atom. The summed E-state index contributed by atoms with van der Waals surface area (Å²) >= 11 is 0. The van der Waals surface area contributed by atoms with E-state index in [1.807, 2.05) is 0 Å². The lowest BCUT2D eigenvalue weighted by atomic mass is 9.80. The SMILES string of the molecule is C=C(C)CCOc1ccc([B-](F)(F)F)c(F)c1. The second-order valence-electron chi connectivity index (χ2n) is 3.81. The van der Waals surface area contributed by atoms with Crippen LogP contribution < -0.4 is 10.2 Å². The zero-order valence-corrected chi connectivity index (χ0v) is 9.35. The zero-order valence-electron chi connectivity index (χ0n) is 9.35. The van der Waals surface area contributed by atoms with Crippen molar-refractivity contribution in [3.05, 3.63) is 36.2 Å². The van der Waals surface area contributed by atoms with E-state index in [1.54, 1.807) is 6.92 Å². The Balaban J connectivity index is 2.72. The van der Waals surface area contributed by atoms with Crippen LogP contribution in [0.15, 0.2) is 30.4 Å². The molecule has 0 radical (unpaired) electrons. The second-order valence-corrected chi connectivity index (χ2v) is 3.81. The molecule has 0 bridgehead atoms. The minimum atomic E-state index is -5.32. The third-order valence-electron chi connectivity index (χ3n) is 2.12. The molecule has 0 unspecified atom stereocenters. The summed E-state index contributed by atoms with van der Waals surface area (Å²) in [6.45, 7) is 0.407. The molecule has 1 rings (SSSR count). The van der Waals surface area contributed by atoms with Crippen LogP contribution in [0.2, 0.25) is 0 Å². The molecule has 0 saturated carbocycles. The fourth-order valence-corrected chi connectivity index (χ4v) is 1.21. The van der Waals surface area contributed by atoms with E-state index in [9.17, 15) is 17.3 Å². The number of rotatable bonds is 5. The Bertz CT molecular complexity index is 414. The van der Waals surface area contributed by atoms with Crippen LogP contribution in [0.25, 0.3) is 0 Å². The first-order valence-corrected chi connectivity index (χ1v) is 5.07. The summed E-state index contributed by atoms with van der Waals surface area (Å²) in [6, 6.07) is 2.57. The van der Waals surface area contributed by atoms with E-state index in [1.165, 1.54) is 0 Å². The van der Waals surface area contributed by atoms with Crippen molar-refractivity contribution in [2.45, 2.75) is 13.3 Å². The van der Waals surface area contributed by atoms with E-state index in [2.05, 4.69) is 6.58 Å². The van der Waals surface area contributed by atoms with Gasteiger partial charge in [0.15, 0.2) is 0 Å². The van der Waals surface area contributed by atoms with Crippen molar-refractivity contribution < 1.29 is 22.1 Å². The Hall–Kier alpha value is -1.46. The lowest BCUT2D eigenvalue weighted by Crippen LogP contribution is -2.36. The average Bonchev–Trinajstić information content (AvgIpc) is 2.14. The van der Waals surface area contributed by atoms with Crippen molar-refractivity contribution in [2.24, 2.45) is 0 Å². The summed E-state index contributed by atoms with van der Waals surface area (Å²) < 4.78 is 55.2. The van der Waals surface area contributed by atoms with Gasteiger partial charge in [-0.05, 0) is 13.0 Å². The molecule has 0 aliphatic carbocycles. The number of hydrogen-bond acceptors (Lipinski definition) is 1. The predicted octanol–water partition coefficient (Wildman–Crippen LogP) is 3.23. The number of hydrogen-bond donors (Lipinski definition) is 0. The van der Waals surface area contributed by atoms with Gasteiger partial charge < -0.3 is 17.7 Å². The third-order valence-corrected chi connectivity index (χ3v) is 2.12. The quantitative estimate of drug-likeness (QED) is 0.441. The van der Waals surface area contributed by atoms with Crippen LogP contribution in [0.1, 0.15) is 13.3 Å². The molecule has 0 aliphatic heterocycles. The van der Waals surface area contributed by atoms with Gasteiger partial charge in [0, 0.05) is 12.5 Å². The van der Waals surface area contributed by atoms with Crippen LogP contribution in [-0.2, 0) is 0 Å². The summed E-state index contributed by atoms with van der Waals surface area (Å²) in [5.41, 5.74) is -0.335. The molecule has 0 fully saturated rings. The fourth-order valence-electron chi connectivity index (χ4n) is 1.21. The van der Waals surface area contributed by atoms with Gasteiger partial charge in [-0.3, -0.25) is 0 Å². The van der Waals surface area contributed by atoms with Gasteiger partial charge in [0.05, 0.1) is 12.4 Å². The summed E-state index contributed by atoms with van der Waals surface area (Å²) in [5, 5.41) is 0. The Morgan fingerprint density at radius 1 is 1.35 bits per heavy atom. The Kier molecular flexibility index (Phi) is 4.20. The van der Waals surface area contributed by atoms with E-state index in [4.69, 9.17) is 4.74 Å². The highest BCUT2D eigenvalue weighted by atomic mass is 19.4. The number of ether oxygens (including phenoxy) is 1. The highest BCUT2D eigenvalue weighted by Crippen LogP contribution is 2.17. The van der Waals surface area contributed by atoms with Crippen LogP contribution >= 0.6 is 0 Å². The summed E-state index contributed by atoms with van der Waals surface area (Å²) in [4.78, 5) is 0. The van der Waals surface area contributed by atoms with Crippen molar-refractivity contribution in [3.8, 4) is 5.75 Å². The minimum absolute atomic E-state index is 0.0903. The average molecular weight is 247 g/mol. The molecule has 17 heavy (non-hydrogen) atoms. The second kappa shape index (κ2) is 5.25. The molecule has 0 saturated heterocycles. The predicted molar refractivity (Wildman–Crippen MR) is 60.0 cm³/mol. The van der Waals surface area contributed by atoms with Gasteiger partial charge in [-0.25, -0.2) is 4.39 Å². The lowest BCUT2D eigenvalue weighted by molar-refractivity contribution is 0.320. The maximum absolute atomic E-state index is 13.1. The first kappa shape index (κ1) is 13.6. The van der Waals surface area contributed by atoms with Gasteiger partial charge in [-0.1, -0.05) is 17.1 Å². The van der Waals surface area contributed by atoms with Crippen LogP contribution in [0.3, 0.4) is 0 Å². The molecule has 1 nitrogen and oxygen atoms in total. The third kappa shape index (κ3) is 4.13. The largest absolute Gasteiger partial charge is 0.512 e. The van der Waals surface area contributed by atoms with Crippen molar-refractivity contribution in [1.29, 1.82) is 0 Å². The lowest BCUT2D eigenvalue weighted by Gasteiger charge is -2.16. The van der Waals surface area contributed by atoms with E-state index in [0.29, 0.717) is 12.5 Å². The molecule has 0 aliphatic rings. The Labute approximate surface area is 97.1 Å². The van der Waals surface area contributed by atoms with Crippen molar-refractivity contribution >= 4 is 12.4 Å². The van der Waals surface area contributed by atoms with Gasteiger partial charge in [-0.2, -0.15) is 0 Å². The van der Waals surface area contributed by atoms with Crippen molar-refractivity contribution in [1.82, 2.24) is 0 Å². The molecule has 1 aromatic carbocycles. The zero-order chi connectivity index (χ0) is 13.1. The molecule has 0 N–H and O–H groups in total. The van der Waals surface area contributed by atoms with Gasteiger partial charge in [-0.15, -0.1) is 6.58 Å². The highest BCUT2D eigenvalue weighted by molar-refractivity contribution is 6.73. The standard InChI is InChI=1S/C11H12BF4O/c1-8(2)5-6-17-9-3-4-10(11(13)7-9)12(14,15)16/h3-4,7H,1,5-6H2,2H3/q-1. The van der Waals surface area contributed by atoms with Crippen LogP contribution in [0.4, 0.5) is 17.3 Å². The van der Waals surface area contributed by atoms with Gasteiger partial charge >= 0.3 is 6.98 Å². The van der Waals surface area contributed by atoms with Crippen LogP contribution in [0, 0.1) is 5.82 Å². The molecule has 1 aromatic rings. The van der Waals surface area contributed by atoms with Crippen LogP contribution in [0.5, 0.6) is 5.75 Å². The fraction of sp³-hybridized carbons (Fsp3) is 0.273. The van der Waals surface area contributed by atoms with E-state index in [-0.39, 0.29) is 12.4 Å². The molecule has 0 atom stereocenters. The summed E-state index contributed by atoms with van der Waals surface area (Å²) in [6.07, 6.45) is 0.576. The highest BCUT2D eigenvalue weighted by Gasteiger charge is 2.28. The number of halogens is 4. The molecular weight excluding hydrogens is 235 g/mol. The van der Waals surface area contributed by atoms with Gasteiger partial charge in [0.2, 0.25) is 0 Å². The topological polar surface area (TPSA) is 9.23 Å².